The standard InChI is InChI=1S/C39H50N6OS/c46-39-44(26-12-23-41-27-19-33(20-28-41)42-24-10-3-11-25-42)35-17-8-9-18-36(35)45(39)34-21-29-43(30-22-34)38(47)40-37(31-13-4-1-5-14-31)32-15-6-2-7-16-32/h1-2,4-9,13-18,33-34,37H,3,10-12,19-30H2,(H,40,47). The van der Waals surface area contributed by atoms with E-state index in [0.29, 0.717) is 0 Å². The molecule has 0 radical (unpaired) electrons. The number of hydrogen-bond donors (Lipinski definition) is 1. The number of hydrogen-bond acceptors (Lipinski definition) is 4. The van der Waals surface area contributed by atoms with Gasteiger partial charge in [-0.15, -0.1) is 0 Å². The number of thiocarbonyl (C=S) groups is 1. The van der Waals surface area contributed by atoms with Gasteiger partial charge in [-0.2, -0.15) is 0 Å². The van der Waals surface area contributed by atoms with E-state index in [4.69, 9.17) is 12.2 Å². The van der Waals surface area contributed by atoms with E-state index in [1.807, 2.05) is 16.7 Å². The molecule has 3 aliphatic heterocycles. The number of rotatable bonds is 9. The molecular weight excluding hydrogens is 601 g/mol. The Kier molecular flexibility index (Phi) is 10.4. The molecule has 3 aliphatic rings. The van der Waals surface area contributed by atoms with E-state index >= 15 is 0 Å². The first-order valence-corrected chi connectivity index (χ1v) is 18.4. The van der Waals surface area contributed by atoms with Crippen molar-refractivity contribution in [2.24, 2.45) is 0 Å². The normalized spacial score (nSPS) is 19.0. The predicted octanol–water partition coefficient (Wildman–Crippen LogP) is 6.44. The number of aromatic nitrogens is 2. The first-order chi connectivity index (χ1) is 23.2. The minimum Gasteiger partial charge on any atom is -0.352 e. The van der Waals surface area contributed by atoms with Crippen molar-refractivity contribution < 1.29 is 0 Å². The van der Waals surface area contributed by atoms with Gasteiger partial charge in [0.15, 0.2) is 5.11 Å². The van der Waals surface area contributed by atoms with E-state index in [-0.39, 0.29) is 17.8 Å². The number of benzene rings is 3. The summed E-state index contributed by atoms with van der Waals surface area (Å²) in [6, 6.07) is 30.3. The number of piperidine rings is 3. The molecule has 0 atom stereocenters. The van der Waals surface area contributed by atoms with Crippen molar-refractivity contribution in [2.75, 3.05) is 45.8 Å². The van der Waals surface area contributed by atoms with Crippen molar-refractivity contribution in [1.82, 2.24) is 29.2 Å². The molecule has 7 rings (SSSR count). The zero-order chi connectivity index (χ0) is 32.0. The fourth-order valence-corrected chi connectivity index (χ4v) is 8.54. The molecule has 3 fully saturated rings. The van der Waals surface area contributed by atoms with E-state index < -0.39 is 0 Å². The van der Waals surface area contributed by atoms with Crippen LogP contribution in [0.2, 0.25) is 0 Å². The van der Waals surface area contributed by atoms with Gasteiger partial charge >= 0.3 is 5.69 Å². The minimum absolute atomic E-state index is 0.00995. The molecular formula is C39H50N6OS. The first kappa shape index (κ1) is 32.1. The Hall–Kier alpha value is -3.46. The fraction of sp³-hybridized carbons (Fsp3) is 0.487. The van der Waals surface area contributed by atoms with Gasteiger partial charge < -0.3 is 20.0 Å². The molecule has 3 aromatic carbocycles. The van der Waals surface area contributed by atoms with Crippen LogP contribution in [0.1, 0.15) is 74.6 Å². The lowest BCUT2D eigenvalue weighted by molar-refractivity contribution is 0.0916. The molecule has 0 saturated carbocycles. The van der Waals surface area contributed by atoms with Crippen molar-refractivity contribution in [1.29, 1.82) is 0 Å². The summed E-state index contributed by atoms with van der Waals surface area (Å²) in [6.45, 7) is 8.44. The summed E-state index contributed by atoms with van der Waals surface area (Å²) in [6.07, 6.45) is 9.51. The van der Waals surface area contributed by atoms with Crippen LogP contribution in [-0.2, 0) is 6.54 Å². The second-order valence-electron chi connectivity index (χ2n) is 13.7. The van der Waals surface area contributed by atoms with Gasteiger partial charge in [0, 0.05) is 31.7 Å². The Morgan fingerprint density at radius 2 is 1.26 bits per heavy atom. The Balaban J connectivity index is 0.967. The van der Waals surface area contributed by atoms with Crippen molar-refractivity contribution in [2.45, 2.75) is 76.0 Å². The maximum Gasteiger partial charge on any atom is 0.329 e. The van der Waals surface area contributed by atoms with Crippen molar-refractivity contribution in [3.8, 4) is 0 Å². The van der Waals surface area contributed by atoms with Gasteiger partial charge in [0.2, 0.25) is 0 Å². The van der Waals surface area contributed by atoms with Crippen LogP contribution in [0.15, 0.2) is 89.7 Å². The van der Waals surface area contributed by atoms with Crippen molar-refractivity contribution in [3.05, 3.63) is 107 Å². The SMILES string of the molecule is O=c1n(CCCN2CCC(N3CCCCC3)CC2)c2ccccc2n1C1CCN(C(=S)NC(c2ccccc2)c2ccccc2)CC1. The number of fused-ring (bicyclic) bond motifs is 1. The molecule has 4 aromatic rings. The molecule has 0 unspecified atom stereocenters. The molecule has 7 nitrogen and oxygen atoms in total. The lowest BCUT2D eigenvalue weighted by Crippen LogP contribution is -2.47. The zero-order valence-electron chi connectivity index (χ0n) is 27.7. The average molecular weight is 651 g/mol. The highest BCUT2D eigenvalue weighted by atomic mass is 32.1. The van der Waals surface area contributed by atoms with Crippen LogP contribution >= 0.6 is 12.2 Å². The molecule has 0 bridgehead atoms. The van der Waals surface area contributed by atoms with Crippen LogP contribution in [0, 0.1) is 0 Å². The van der Waals surface area contributed by atoms with Gasteiger partial charge in [0.25, 0.3) is 0 Å². The van der Waals surface area contributed by atoms with Crippen LogP contribution < -0.4 is 11.0 Å². The highest BCUT2D eigenvalue weighted by Crippen LogP contribution is 2.28. The number of para-hydroxylation sites is 2. The topological polar surface area (TPSA) is 48.7 Å². The number of nitrogens with zero attached hydrogens (tertiary/aromatic N) is 5. The third kappa shape index (κ3) is 7.35. The molecule has 0 aliphatic carbocycles. The second-order valence-corrected chi connectivity index (χ2v) is 14.1. The summed E-state index contributed by atoms with van der Waals surface area (Å²) in [4.78, 5) is 21.7. The van der Waals surface area contributed by atoms with Gasteiger partial charge in [0.1, 0.15) is 0 Å². The lowest BCUT2D eigenvalue weighted by Gasteiger charge is -2.40. The van der Waals surface area contributed by atoms with Crippen LogP contribution in [-0.4, -0.2) is 80.8 Å². The first-order valence-electron chi connectivity index (χ1n) is 18.0. The average Bonchev–Trinajstić information content (AvgIpc) is 3.42. The Morgan fingerprint density at radius 1 is 0.681 bits per heavy atom. The summed E-state index contributed by atoms with van der Waals surface area (Å²) in [7, 11) is 0. The third-order valence-corrected chi connectivity index (χ3v) is 11.2. The third-order valence-electron chi connectivity index (χ3n) is 10.8. The van der Waals surface area contributed by atoms with Gasteiger partial charge in [-0.1, -0.05) is 79.2 Å². The predicted molar refractivity (Wildman–Crippen MR) is 196 cm³/mol. The molecule has 0 spiro atoms. The molecule has 1 N–H and O–H groups in total. The van der Waals surface area contributed by atoms with Gasteiger partial charge in [-0.25, -0.2) is 4.79 Å². The Labute approximate surface area is 285 Å². The number of likely N-dealkylation sites (tertiary alicyclic amines) is 3. The van der Waals surface area contributed by atoms with E-state index in [1.165, 1.54) is 69.4 Å². The molecule has 1 aromatic heterocycles. The van der Waals surface area contributed by atoms with E-state index in [9.17, 15) is 4.79 Å². The van der Waals surface area contributed by atoms with Crippen LogP contribution in [0.4, 0.5) is 0 Å². The number of aryl methyl sites for hydroxylation is 1. The maximum atomic E-state index is 14.0. The highest BCUT2D eigenvalue weighted by molar-refractivity contribution is 7.80. The van der Waals surface area contributed by atoms with E-state index in [0.717, 1.165) is 67.6 Å². The summed E-state index contributed by atoms with van der Waals surface area (Å²) in [5.41, 5.74) is 4.65. The van der Waals surface area contributed by atoms with Crippen molar-refractivity contribution >= 4 is 28.4 Å². The molecule has 248 valence electrons. The van der Waals surface area contributed by atoms with Gasteiger partial charge in [0.05, 0.1) is 17.1 Å². The lowest BCUT2D eigenvalue weighted by atomic mass is 9.99. The molecule has 4 heterocycles. The van der Waals surface area contributed by atoms with Gasteiger partial charge in [-0.3, -0.25) is 9.13 Å². The largest absolute Gasteiger partial charge is 0.352 e. The summed E-state index contributed by atoms with van der Waals surface area (Å²) >= 11 is 5.99. The second kappa shape index (κ2) is 15.2. The minimum atomic E-state index is -0.00995. The Morgan fingerprint density at radius 3 is 1.89 bits per heavy atom. The molecule has 8 heteroatoms. The number of imidazole rings is 1. The Bertz CT molecular complexity index is 1610. The monoisotopic (exact) mass is 650 g/mol. The summed E-state index contributed by atoms with van der Waals surface area (Å²) in [5.74, 6) is 0. The summed E-state index contributed by atoms with van der Waals surface area (Å²) in [5, 5.41) is 4.44. The molecule has 3 saturated heterocycles. The van der Waals surface area contributed by atoms with Crippen LogP contribution in [0.5, 0.6) is 0 Å². The maximum absolute atomic E-state index is 14.0. The summed E-state index contributed by atoms with van der Waals surface area (Å²) < 4.78 is 4.13. The fourth-order valence-electron chi connectivity index (χ4n) is 8.24. The quantitative estimate of drug-likeness (QED) is 0.211. The van der Waals surface area contributed by atoms with E-state index in [2.05, 4.69) is 97.4 Å². The van der Waals surface area contributed by atoms with Gasteiger partial charge in [-0.05, 0) is 113 Å². The zero-order valence-corrected chi connectivity index (χ0v) is 28.5. The van der Waals surface area contributed by atoms with Crippen LogP contribution in [0.25, 0.3) is 11.0 Å². The smallest absolute Gasteiger partial charge is 0.329 e. The number of nitrogens with one attached hydrogen (secondary N) is 1. The molecule has 47 heavy (non-hydrogen) atoms. The van der Waals surface area contributed by atoms with E-state index in [1.54, 1.807) is 0 Å². The van der Waals surface area contributed by atoms with Crippen molar-refractivity contribution in [3.63, 3.8) is 0 Å². The highest BCUT2D eigenvalue weighted by Gasteiger charge is 2.28. The molecule has 0 amide bonds. The van der Waals surface area contributed by atoms with Crippen LogP contribution in [0.3, 0.4) is 0 Å².